The molecule has 0 aromatic heterocycles. The second-order valence-corrected chi connectivity index (χ2v) is 4.97. The van der Waals surface area contributed by atoms with E-state index in [2.05, 4.69) is 64.2 Å². The number of benzene rings is 1. The van der Waals surface area contributed by atoms with E-state index in [-0.39, 0.29) is 0 Å². The maximum absolute atomic E-state index is 3.67. The number of hydrogen-bond acceptors (Lipinski definition) is 1. The number of nitrogens with one attached hydrogen (secondary N) is 1. The van der Waals surface area contributed by atoms with E-state index in [1.165, 1.54) is 17.5 Å². The average molecular weight is 219 g/mol. The summed E-state index contributed by atoms with van der Waals surface area (Å²) >= 11 is 0. The molecule has 1 N–H and O–H groups in total. The normalized spacial score (nSPS) is 16.8. The van der Waals surface area contributed by atoms with E-state index in [4.69, 9.17) is 0 Å². The number of aryl methyl sites for hydroxylation is 1. The minimum Gasteiger partial charge on any atom is -0.307 e. The molecule has 0 bridgehead atoms. The Kier molecular flexibility index (Phi) is 5.01. The molecular weight excluding hydrogens is 194 g/mol. The molecule has 2 unspecified atom stereocenters. The summed E-state index contributed by atoms with van der Waals surface area (Å²) in [6.45, 7) is 11.2. The van der Waals surface area contributed by atoms with Crippen molar-refractivity contribution in [1.82, 2.24) is 5.32 Å². The zero-order valence-corrected chi connectivity index (χ0v) is 11.2. The third-order valence-corrected chi connectivity index (χ3v) is 3.59. The molecule has 0 heterocycles. The first-order chi connectivity index (χ1) is 7.54. The fourth-order valence-electron chi connectivity index (χ4n) is 1.86. The lowest BCUT2D eigenvalue weighted by molar-refractivity contribution is 0.360. The van der Waals surface area contributed by atoms with Crippen molar-refractivity contribution < 1.29 is 0 Å². The van der Waals surface area contributed by atoms with Crippen molar-refractivity contribution in [3.63, 3.8) is 0 Å². The maximum atomic E-state index is 3.67. The molecule has 1 rings (SSSR count). The highest BCUT2D eigenvalue weighted by molar-refractivity contribution is 5.23. The Balaban J connectivity index is 2.58. The quantitative estimate of drug-likeness (QED) is 0.787. The van der Waals surface area contributed by atoms with E-state index in [1.807, 2.05) is 0 Å². The van der Waals surface area contributed by atoms with Crippen molar-refractivity contribution in [1.29, 1.82) is 0 Å². The largest absolute Gasteiger partial charge is 0.307 e. The fraction of sp³-hybridized carbons (Fsp3) is 0.600. The minimum absolute atomic E-state index is 0.435. The molecular formula is C15H25N. The molecule has 0 aliphatic rings. The summed E-state index contributed by atoms with van der Waals surface area (Å²) in [7, 11) is 0. The molecule has 0 fully saturated rings. The predicted molar refractivity (Wildman–Crippen MR) is 71.6 cm³/mol. The Bertz CT molecular complexity index is 302. The Morgan fingerprint density at radius 3 is 2.12 bits per heavy atom. The van der Waals surface area contributed by atoms with Gasteiger partial charge in [0.15, 0.2) is 0 Å². The van der Waals surface area contributed by atoms with Gasteiger partial charge in [-0.05, 0) is 32.3 Å². The highest BCUT2D eigenvalue weighted by Gasteiger charge is 2.13. The predicted octanol–water partition coefficient (Wildman–Crippen LogP) is 4.08. The Hall–Kier alpha value is -0.820. The summed E-state index contributed by atoms with van der Waals surface area (Å²) in [5, 5.41) is 3.67. The average Bonchev–Trinajstić information content (AvgIpc) is 2.28. The summed E-state index contributed by atoms with van der Waals surface area (Å²) < 4.78 is 0. The summed E-state index contributed by atoms with van der Waals surface area (Å²) in [5.41, 5.74) is 2.70. The van der Waals surface area contributed by atoms with Gasteiger partial charge in [0.1, 0.15) is 0 Å². The smallest absolute Gasteiger partial charge is 0.0294 e. The van der Waals surface area contributed by atoms with Crippen LogP contribution in [0.2, 0.25) is 0 Å². The Morgan fingerprint density at radius 2 is 1.62 bits per heavy atom. The van der Waals surface area contributed by atoms with Crippen molar-refractivity contribution in [3.05, 3.63) is 35.4 Å². The van der Waals surface area contributed by atoms with Crippen molar-refractivity contribution in [3.8, 4) is 0 Å². The topological polar surface area (TPSA) is 12.0 Å². The summed E-state index contributed by atoms with van der Waals surface area (Å²) in [5.74, 6) is 0.730. The molecule has 16 heavy (non-hydrogen) atoms. The molecule has 0 aliphatic carbocycles. The van der Waals surface area contributed by atoms with Crippen molar-refractivity contribution in [2.75, 3.05) is 0 Å². The fourth-order valence-corrected chi connectivity index (χ4v) is 1.86. The lowest BCUT2D eigenvalue weighted by atomic mass is 9.98. The van der Waals surface area contributed by atoms with Crippen LogP contribution in [0.15, 0.2) is 24.3 Å². The van der Waals surface area contributed by atoms with Gasteiger partial charge in [0.05, 0.1) is 0 Å². The van der Waals surface area contributed by atoms with Gasteiger partial charge in [0.25, 0.3) is 0 Å². The van der Waals surface area contributed by atoms with E-state index >= 15 is 0 Å². The Morgan fingerprint density at radius 1 is 1.06 bits per heavy atom. The molecule has 90 valence electrons. The zero-order chi connectivity index (χ0) is 12.1. The standard InChI is InChI=1S/C15H25N/c1-6-12(3)13(4)16-14(5)15-9-7-11(2)8-10-15/h7-10,12-14,16H,6H2,1-5H3/t12?,13?,14-/m1/s1. The first-order valence-corrected chi connectivity index (χ1v) is 6.37. The SMILES string of the molecule is CCC(C)C(C)N[C@H](C)c1ccc(C)cc1. The van der Waals surface area contributed by atoms with Crippen LogP contribution in [0.1, 0.15) is 51.3 Å². The van der Waals surface area contributed by atoms with Crippen molar-refractivity contribution in [2.45, 2.75) is 53.1 Å². The van der Waals surface area contributed by atoms with Crippen molar-refractivity contribution >= 4 is 0 Å². The van der Waals surface area contributed by atoms with Crippen molar-refractivity contribution in [2.24, 2.45) is 5.92 Å². The van der Waals surface area contributed by atoms with E-state index < -0.39 is 0 Å². The highest BCUT2D eigenvalue weighted by Crippen LogP contribution is 2.16. The summed E-state index contributed by atoms with van der Waals surface area (Å²) in [6, 6.07) is 9.81. The van der Waals surface area contributed by atoms with E-state index in [9.17, 15) is 0 Å². The molecule has 1 aromatic rings. The van der Waals surface area contributed by atoms with Crippen LogP contribution in [-0.4, -0.2) is 6.04 Å². The molecule has 0 spiro atoms. The Labute approximate surface area is 100 Å². The van der Waals surface area contributed by atoms with Crippen LogP contribution in [0.25, 0.3) is 0 Å². The first-order valence-electron chi connectivity index (χ1n) is 6.37. The molecule has 1 heteroatoms. The van der Waals surface area contributed by atoms with Gasteiger partial charge in [-0.2, -0.15) is 0 Å². The summed E-state index contributed by atoms with van der Waals surface area (Å²) in [4.78, 5) is 0. The number of rotatable bonds is 5. The van der Waals surface area contributed by atoms with Crippen LogP contribution in [0.4, 0.5) is 0 Å². The zero-order valence-electron chi connectivity index (χ0n) is 11.2. The third kappa shape index (κ3) is 3.64. The molecule has 0 radical (unpaired) electrons. The number of hydrogen-bond donors (Lipinski definition) is 1. The van der Waals surface area contributed by atoms with Gasteiger partial charge in [-0.25, -0.2) is 0 Å². The molecule has 0 saturated carbocycles. The van der Waals surface area contributed by atoms with Crippen LogP contribution < -0.4 is 5.32 Å². The molecule has 0 aliphatic heterocycles. The second kappa shape index (κ2) is 6.05. The minimum atomic E-state index is 0.435. The van der Waals surface area contributed by atoms with Crippen LogP contribution >= 0.6 is 0 Å². The van der Waals surface area contributed by atoms with Gasteiger partial charge in [0.2, 0.25) is 0 Å². The monoisotopic (exact) mass is 219 g/mol. The van der Waals surface area contributed by atoms with E-state index in [0.717, 1.165) is 5.92 Å². The van der Waals surface area contributed by atoms with E-state index in [1.54, 1.807) is 0 Å². The second-order valence-electron chi connectivity index (χ2n) is 4.97. The molecule has 0 saturated heterocycles. The third-order valence-electron chi connectivity index (χ3n) is 3.59. The van der Waals surface area contributed by atoms with Gasteiger partial charge in [-0.15, -0.1) is 0 Å². The van der Waals surface area contributed by atoms with Crippen LogP contribution in [0.3, 0.4) is 0 Å². The first kappa shape index (κ1) is 13.2. The maximum Gasteiger partial charge on any atom is 0.0294 e. The van der Waals surface area contributed by atoms with Crippen LogP contribution in [-0.2, 0) is 0 Å². The van der Waals surface area contributed by atoms with Gasteiger partial charge < -0.3 is 5.32 Å². The molecule has 0 amide bonds. The lowest BCUT2D eigenvalue weighted by Gasteiger charge is -2.24. The molecule has 1 aromatic carbocycles. The highest BCUT2D eigenvalue weighted by atomic mass is 14.9. The lowest BCUT2D eigenvalue weighted by Crippen LogP contribution is -2.33. The van der Waals surface area contributed by atoms with Crippen LogP contribution in [0, 0.1) is 12.8 Å². The van der Waals surface area contributed by atoms with Gasteiger partial charge in [-0.1, -0.05) is 50.1 Å². The molecule has 1 nitrogen and oxygen atoms in total. The van der Waals surface area contributed by atoms with E-state index in [0.29, 0.717) is 12.1 Å². The van der Waals surface area contributed by atoms with Gasteiger partial charge >= 0.3 is 0 Å². The van der Waals surface area contributed by atoms with Gasteiger partial charge in [0, 0.05) is 12.1 Å². The summed E-state index contributed by atoms with van der Waals surface area (Å²) in [6.07, 6.45) is 1.23. The van der Waals surface area contributed by atoms with Crippen LogP contribution in [0.5, 0.6) is 0 Å². The molecule has 3 atom stereocenters. The van der Waals surface area contributed by atoms with Gasteiger partial charge in [-0.3, -0.25) is 0 Å².